The van der Waals surface area contributed by atoms with Crippen LogP contribution in [-0.4, -0.2) is 27.7 Å². The summed E-state index contributed by atoms with van der Waals surface area (Å²) in [6.07, 6.45) is 1.81. The van der Waals surface area contributed by atoms with E-state index in [2.05, 4.69) is 9.98 Å². The molecule has 4 rings (SSSR count). The molecular weight excluding hydrogens is 332 g/mol. The van der Waals surface area contributed by atoms with Gasteiger partial charge in [0.2, 0.25) is 0 Å². The second-order valence-corrected chi connectivity index (χ2v) is 6.73. The molecule has 0 radical (unpaired) electrons. The van der Waals surface area contributed by atoms with Crippen molar-refractivity contribution in [2.75, 3.05) is 11.9 Å². The predicted octanol–water partition coefficient (Wildman–Crippen LogP) is 3.68. The summed E-state index contributed by atoms with van der Waals surface area (Å²) in [6.45, 7) is 0. The Hall–Kier alpha value is -2.86. The summed E-state index contributed by atoms with van der Waals surface area (Å²) >= 11 is 1.37. The number of anilines is 1. The standard InChI is InChI=1S/C19H16N4OS/c1-22(13-8-4-3-5-9-13)19-21-18(24)16(25-19)12-17-20-14-10-6-7-11-15(14)23(17)2/h3-12H,1-2H3. The van der Waals surface area contributed by atoms with Crippen LogP contribution in [0.25, 0.3) is 17.1 Å². The number of thioether (sulfide) groups is 1. The molecule has 0 bridgehead atoms. The fraction of sp³-hybridized carbons (Fsp3) is 0.105. The molecule has 0 unspecified atom stereocenters. The molecule has 124 valence electrons. The molecule has 0 saturated carbocycles. The number of nitrogens with zero attached hydrogens (tertiary/aromatic N) is 4. The van der Waals surface area contributed by atoms with E-state index in [-0.39, 0.29) is 5.91 Å². The molecule has 0 fully saturated rings. The summed E-state index contributed by atoms with van der Waals surface area (Å²) in [5.41, 5.74) is 2.94. The Kier molecular flexibility index (Phi) is 3.89. The Morgan fingerprint density at radius 1 is 1.08 bits per heavy atom. The highest BCUT2D eigenvalue weighted by Gasteiger charge is 2.25. The van der Waals surface area contributed by atoms with Gasteiger partial charge in [-0.25, -0.2) is 4.98 Å². The lowest BCUT2D eigenvalue weighted by Gasteiger charge is -2.17. The van der Waals surface area contributed by atoms with E-state index in [4.69, 9.17) is 0 Å². The van der Waals surface area contributed by atoms with Gasteiger partial charge in [0.1, 0.15) is 5.82 Å². The van der Waals surface area contributed by atoms with E-state index in [1.165, 1.54) is 11.8 Å². The number of fused-ring (bicyclic) bond motifs is 1. The third-order valence-electron chi connectivity index (χ3n) is 4.12. The molecule has 1 aliphatic heterocycles. The van der Waals surface area contributed by atoms with Crippen molar-refractivity contribution >= 4 is 45.6 Å². The van der Waals surface area contributed by atoms with Crippen molar-refractivity contribution in [1.29, 1.82) is 0 Å². The molecule has 0 saturated heterocycles. The van der Waals surface area contributed by atoms with Gasteiger partial charge in [0, 0.05) is 25.9 Å². The Balaban J connectivity index is 1.63. The SMILES string of the molecule is CN(C1=NC(=O)C(=Cc2nc3ccccc3n2C)S1)c1ccccc1. The molecule has 6 heteroatoms. The van der Waals surface area contributed by atoms with E-state index in [1.54, 1.807) is 0 Å². The molecule has 3 aromatic rings. The van der Waals surface area contributed by atoms with Crippen molar-refractivity contribution in [2.45, 2.75) is 0 Å². The highest BCUT2D eigenvalue weighted by Crippen LogP contribution is 2.31. The van der Waals surface area contributed by atoms with Crippen molar-refractivity contribution in [3.05, 3.63) is 65.3 Å². The van der Waals surface area contributed by atoms with E-state index < -0.39 is 0 Å². The number of amidine groups is 1. The van der Waals surface area contributed by atoms with Gasteiger partial charge in [-0.1, -0.05) is 30.3 Å². The van der Waals surface area contributed by atoms with Crippen LogP contribution in [0.3, 0.4) is 0 Å². The number of benzene rings is 2. The predicted molar refractivity (Wildman–Crippen MR) is 104 cm³/mol. The molecule has 2 aromatic carbocycles. The highest BCUT2D eigenvalue weighted by atomic mass is 32.2. The van der Waals surface area contributed by atoms with Gasteiger partial charge in [0.25, 0.3) is 5.91 Å². The topological polar surface area (TPSA) is 50.5 Å². The normalized spacial score (nSPS) is 15.8. The van der Waals surface area contributed by atoms with Gasteiger partial charge in [0.05, 0.1) is 15.9 Å². The maximum Gasteiger partial charge on any atom is 0.286 e. The van der Waals surface area contributed by atoms with Crippen LogP contribution in [0.1, 0.15) is 5.82 Å². The minimum atomic E-state index is -0.227. The van der Waals surface area contributed by atoms with Crippen LogP contribution in [0.2, 0.25) is 0 Å². The second-order valence-electron chi connectivity index (χ2n) is 5.72. The first-order valence-electron chi connectivity index (χ1n) is 7.86. The number of hydrogen-bond acceptors (Lipinski definition) is 4. The number of para-hydroxylation sites is 3. The smallest absolute Gasteiger partial charge is 0.286 e. The van der Waals surface area contributed by atoms with Crippen LogP contribution in [0.4, 0.5) is 5.69 Å². The Morgan fingerprint density at radius 2 is 1.80 bits per heavy atom. The zero-order chi connectivity index (χ0) is 17.4. The average Bonchev–Trinajstić information content (AvgIpc) is 3.16. The summed E-state index contributed by atoms with van der Waals surface area (Å²) < 4.78 is 1.98. The lowest BCUT2D eigenvalue weighted by molar-refractivity contribution is -0.113. The van der Waals surface area contributed by atoms with Gasteiger partial charge < -0.3 is 9.47 Å². The fourth-order valence-electron chi connectivity index (χ4n) is 2.71. The summed E-state index contributed by atoms with van der Waals surface area (Å²) in [5.74, 6) is 0.519. The van der Waals surface area contributed by atoms with Crippen molar-refractivity contribution in [2.24, 2.45) is 12.0 Å². The van der Waals surface area contributed by atoms with E-state index in [0.717, 1.165) is 22.5 Å². The summed E-state index contributed by atoms with van der Waals surface area (Å²) in [4.78, 5) is 23.6. The maximum atomic E-state index is 12.3. The molecule has 25 heavy (non-hydrogen) atoms. The number of amides is 1. The number of carbonyl (C=O) groups excluding carboxylic acids is 1. The lowest BCUT2D eigenvalue weighted by atomic mass is 10.3. The Labute approximate surface area is 149 Å². The second kappa shape index (κ2) is 6.22. The van der Waals surface area contributed by atoms with Gasteiger partial charge in [-0.2, -0.15) is 4.99 Å². The number of aryl methyl sites for hydroxylation is 1. The van der Waals surface area contributed by atoms with E-state index in [1.807, 2.05) is 84.2 Å². The Bertz CT molecular complexity index is 1020. The largest absolute Gasteiger partial charge is 0.328 e. The first-order valence-corrected chi connectivity index (χ1v) is 8.68. The summed E-state index contributed by atoms with van der Waals surface area (Å²) in [7, 11) is 3.86. The van der Waals surface area contributed by atoms with E-state index in [9.17, 15) is 4.79 Å². The van der Waals surface area contributed by atoms with Crippen LogP contribution in [0.15, 0.2) is 64.5 Å². The minimum absolute atomic E-state index is 0.227. The highest BCUT2D eigenvalue weighted by molar-refractivity contribution is 8.18. The van der Waals surface area contributed by atoms with Crippen molar-refractivity contribution < 1.29 is 4.79 Å². The molecule has 1 aliphatic rings. The fourth-order valence-corrected chi connectivity index (χ4v) is 3.58. The van der Waals surface area contributed by atoms with E-state index >= 15 is 0 Å². The molecule has 0 aliphatic carbocycles. The maximum absolute atomic E-state index is 12.3. The first-order chi connectivity index (χ1) is 12.1. The number of aliphatic imine (C=N–C) groups is 1. The number of hydrogen-bond donors (Lipinski definition) is 0. The first kappa shape index (κ1) is 15.7. The number of carbonyl (C=O) groups is 1. The monoisotopic (exact) mass is 348 g/mol. The quantitative estimate of drug-likeness (QED) is 0.663. The summed E-state index contributed by atoms with van der Waals surface area (Å²) in [6, 6.07) is 17.8. The van der Waals surface area contributed by atoms with Crippen molar-refractivity contribution in [3.63, 3.8) is 0 Å². The molecule has 0 spiro atoms. The average molecular weight is 348 g/mol. The number of aromatic nitrogens is 2. The van der Waals surface area contributed by atoms with Gasteiger partial charge in [-0.15, -0.1) is 0 Å². The molecule has 1 aromatic heterocycles. The zero-order valence-electron chi connectivity index (χ0n) is 13.9. The molecular formula is C19H16N4OS. The molecule has 0 atom stereocenters. The van der Waals surface area contributed by atoms with Crippen LogP contribution in [0.5, 0.6) is 0 Å². The molecule has 1 amide bonds. The van der Waals surface area contributed by atoms with Gasteiger partial charge in [-0.3, -0.25) is 4.79 Å². The molecule has 0 N–H and O–H groups in total. The van der Waals surface area contributed by atoms with E-state index in [0.29, 0.717) is 10.1 Å². The lowest BCUT2D eigenvalue weighted by Crippen LogP contribution is -2.21. The molecule has 5 nitrogen and oxygen atoms in total. The van der Waals surface area contributed by atoms with Crippen molar-refractivity contribution in [3.8, 4) is 0 Å². The third kappa shape index (κ3) is 2.85. The van der Waals surface area contributed by atoms with Crippen LogP contribution in [0, 0.1) is 0 Å². The van der Waals surface area contributed by atoms with Gasteiger partial charge in [0.15, 0.2) is 5.17 Å². The summed E-state index contributed by atoms with van der Waals surface area (Å²) in [5, 5.41) is 0.668. The number of imidazole rings is 1. The third-order valence-corrected chi connectivity index (χ3v) is 5.18. The zero-order valence-corrected chi connectivity index (χ0v) is 14.7. The van der Waals surface area contributed by atoms with Gasteiger partial charge >= 0.3 is 0 Å². The number of rotatable bonds is 2. The van der Waals surface area contributed by atoms with Gasteiger partial charge in [-0.05, 0) is 36.0 Å². The minimum Gasteiger partial charge on any atom is -0.328 e. The van der Waals surface area contributed by atoms with Crippen LogP contribution in [-0.2, 0) is 11.8 Å². The molecule has 2 heterocycles. The Morgan fingerprint density at radius 3 is 2.56 bits per heavy atom. The van der Waals surface area contributed by atoms with Crippen LogP contribution >= 0.6 is 11.8 Å². The van der Waals surface area contributed by atoms with Crippen LogP contribution < -0.4 is 4.90 Å². The van der Waals surface area contributed by atoms with Crippen molar-refractivity contribution in [1.82, 2.24) is 9.55 Å².